The molecule has 4 N–H and O–H groups in total. The smallest absolute Gasteiger partial charge is 0.220 e. The molecule has 108 valence electrons. The summed E-state index contributed by atoms with van der Waals surface area (Å²) >= 11 is 4.74. The highest BCUT2D eigenvalue weighted by Gasteiger charge is 2.08. The van der Waals surface area contributed by atoms with Crippen LogP contribution in [0.1, 0.15) is 32.3 Å². The van der Waals surface area contributed by atoms with E-state index < -0.39 is 0 Å². The highest BCUT2D eigenvalue weighted by molar-refractivity contribution is 7.80. The molecule has 1 amide bonds. The van der Waals surface area contributed by atoms with Crippen molar-refractivity contribution in [2.24, 2.45) is 10.8 Å². The number of hydrogen-bond donors (Lipinski definition) is 3. The molecule has 0 saturated carbocycles. The van der Waals surface area contributed by atoms with Gasteiger partial charge in [-0.3, -0.25) is 10.2 Å². The van der Waals surface area contributed by atoms with Crippen LogP contribution in [0.2, 0.25) is 0 Å². The zero-order valence-corrected chi connectivity index (χ0v) is 12.5. The Morgan fingerprint density at radius 3 is 2.50 bits per heavy atom. The molecule has 6 heteroatoms. The molecule has 20 heavy (non-hydrogen) atoms. The lowest BCUT2D eigenvalue weighted by Crippen LogP contribution is -2.30. The summed E-state index contributed by atoms with van der Waals surface area (Å²) in [5.74, 6) is -0.000967. The van der Waals surface area contributed by atoms with E-state index in [0.717, 1.165) is 11.3 Å². The van der Waals surface area contributed by atoms with Crippen molar-refractivity contribution in [1.82, 2.24) is 10.7 Å². The molecule has 0 unspecified atom stereocenters. The molecular weight excluding hydrogens is 272 g/mol. The number of carbonyl (C=O) groups is 1. The molecule has 1 aromatic rings. The highest BCUT2D eigenvalue weighted by Crippen LogP contribution is 2.06. The average Bonchev–Trinajstić information content (AvgIpc) is 2.38. The van der Waals surface area contributed by atoms with Crippen LogP contribution in [-0.2, 0) is 4.79 Å². The molecule has 1 aromatic carbocycles. The van der Waals surface area contributed by atoms with Crippen molar-refractivity contribution in [3.63, 3.8) is 0 Å². The maximum Gasteiger partial charge on any atom is 0.220 e. The first-order valence-electron chi connectivity index (χ1n) is 6.46. The Labute approximate surface area is 124 Å². The quantitative estimate of drug-likeness (QED) is 0.422. The van der Waals surface area contributed by atoms with Crippen LogP contribution in [0.5, 0.6) is 0 Å². The van der Waals surface area contributed by atoms with Crippen LogP contribution in [0.4, 0.5) is 0 Å². The normalized spacial score (nSPS) is 11.2. The number of nitrogens with one attached hydrogen (secondary N) is 2. The van der Waals surface area contributed by atoms with Crippen LogP contribution in [0, 0.1) is 0 Å². The van der Waals surface area contributed by atoms with Crippen LogP contribution >= 0.6 is 12.2 Å². The van der Waals surface area contributed by atoms with Crippen LogP contribution in [-0.4, -0.2) is 22.8 Å². The summed E-state index contributed by atoms with van der Waals surface area (Å²) < 4.78 is 0. The van der Waals surface area contributed by atoms with Crippen molar-refractivity contribution in [2.75, 3.05) is 0 Å². The second-order valence-corrected chi connectivity index (χ2v) is 5.06. The van der Waals surface area contributed by atoms with Gasteiger partial charge in [0.15, 0.2) is 5.11 Å². The molecule has 0 aliphatic carbocycles. The standard InChI is InChI=1S/C14H20N4OS/c1-10(2)16-13(19)9-8-12(17-18-14(15)20)11-6-4-3-5-7-11/h3-7,10H,8-9H2,1-2H3,(H,16,19)(H3,15,18,20). The van der Waals surface area contributed by atoms with Crippen molar-refractivity contribution in [1.29, 1.82) is 0 Å². The summed E-state index contributed by atoms with van der Waals surface area (Å²) in [6, 6.07) is 9.75. The van der Waals surface area contributed by atoms with Crippen molar-refractivity contribution in [2.45, 2.75) is 32.7 Å². The first-order valence-corrected chi connectivity index (χ1v) is 6.86. The fourth-order valence-corrected chi connectivity index (χ4v) is 1.69. The first kappa shape index (κ1) is 16.1. The van der Waals surface area contributed by atoms with Gasteiger partial charge in [0.2, 0.25) is 5.91 Å². The molecule has 0 aliphatic rings. The maximum absolute atomic E-state index is 11.7. The van der Waals surface area contributed by atoms with Crippen molar-refractivity contribution >= 4 is 28.9 Å². The molecule has 1 rings (SSSR count). The van der Waals surface area contributed by atoms with E-state index in [1.165, 1.54) is 0 Å². The van der Waals surface area contributed by atoms with Crippen LogP contribution in [0.3, 0.4) is 0 Å². The molecular formula is C14H20N4OS. The fraction of sp³-hybridized carbons (Fsp3) is 0.357. The Kier molecular flexibility index (Phi) is 6.66. The number of nitrogens with two attached hydrogens (primary N) is 1. The number of nitrogens with zero attached hydrogens (tertiary/aromatic N) is 1. The van der Waals surface area contributed by atoms with E-state index in [-0.39, 0.29) is 17.1 Å². The largest absolute Gasteiger partial charge is 0.375 e. The molecule has 0 fully saturated rings. The van der Waals surface area contributed by atoms with E-state index in [1.807, 2.05) is 44.2 Å². The molecule has 0 atom stereocenters. The van der Waals surface area contributed by atoms with Gasteiger partial charge in [0, 0.05) is 18.9 Å². The van der Waals surface area contributed by atoms with Crippen molar-refractivity contribution in [3.8, 4) is 0 Å². The average molecular weight is 292 g/mol. The third kappa shape index (κ3) is 6.29. The topological polar surface area (TPSA) is 79.5 Å². The van der Waals surface area contributed by atoms with E-state index in [4.69, 9.17) is 18.0 Å². The van der Waals surface area contributed by atoms with Crippen LogP contribution in [0.25, 0.3) is 0 Å². The number of thiocarbonyl (C=S) groups is 1. The number of rotatable bonds is 6. The third-order valence-electron chi connectivity index (χ3n) is 2.45. The van der Waals surface area contributed by atoms with E-state index in [2.05, 4.69) is 15.8 Å². The number of hydrogen-bond acceptors (Lipinski definition) is 3. The molecule has 0 bridgehead atoms. The van der Waals surface area contributed by atoms with Crippen molar-refractivity contribution in [3.05, 3.63) is 35.9 Å². The second-order valence-electron chi connectivity index (χ2n) is 4.62. The fourth-order valence-electron chi connectivity index (χ4n) is 1.64. The molecule has 0 aliphatic heterocycles. The Morgan fingerprint density at radius 2 is 1.95 bits per heavy atom. The van der Waals surface area contributed by atoms with Crippen LogP contribution in [0.15, 0.2) is 35.4 Å². The molecule has 5 nitrogen and oxygen atoms in total. The van der Waals surface area contributed by atoms with E-state index >= 15 is 0 Å². The van der Waals surface area contributed by atoms with Gasteiger partial charge in [-0.2, -0.15) is 5.10 Å². The van der Waals surface area contributed by atoms with Gasteiger partial charge < -0.3 is 11.1 Å². The lowest BCUT2D eigenvalue weighted by molar-refractivity contribution is -0.121. The Balaban J connectivity index is 2.72. The van der Waals surface area contributed by atoms with Gasteiger partial charge in [-0.15, -0.1) is 0 Å². The van der Waals surface area contributed by atoms with E-state index in [0.29, 0.717) is 12.8 Å². The van der Waals surface area contributed by atoms with Gasteiger partial charge in [-0.1, -0.05) is 30.3 Å². The summed E-state index contributed by atoms with van der Waals surface area (Å²) in [5, 5.41) is 7.12. The van der Waals surface area contributed by atoms with Gasteiger partial charge >= 0.3 is 0 Å². The zero-order chi connectivity index (χ0) is 15.0. The number of carbonyl (C=O) groups excluding carboxylic acids is 1. The van der Waals surface area contributed by atoms with Gasteiger partial charge in [-0.05, 0) is 31.6 Å². The maximum atomic E-state index is 11.7. The number of benzene rings is 1. The lowest BCUT2D eigenvalue weighted by Gasteiger charge is -2.10. The molecule has 0 radical (unpaired) electrons. The zero-order valence-electron chi connectivity index (χ0n) is 11.7. The molecule has 0 spiro atoms. The molecule has 0 heterocycles. The van der Waals surface area contributed by atoms with Gasteiger partial charge in [0.1, 0.15) is 0 Å². The van der Waals surface area contributed by atoms with Gasteiger partial charge in [-0.25, -0.2) is 0 Å². The van der Waals surface area contributed by atoms with Crippen LogP contribution < -0.4 is 16.5 Å². The number of amides is 1. The predicted octanol–water partition coefficient (Wildman–Crippen LogP) is 1.53. The van der Waals surface area contributed by atoms with E-state index in [1.54, 1.807) is 0 Å². The van der Waals surface area contributed by atoms with Crippen molar-refractivity contribution < 1.29 is 4.79 Å². The predicted molar refractivity (Wildman–Crippen MR) is 85.4 cm³/mol. The Hall–Kier alpha value is -1.95. The first-order chi connectivity index (χ1) is 9.49. The minimum Gasteiger partial charge on any atom is -0.375 e. The Bertz CT molecular complexity index is 485. The SMILES string of the molecule is CC(C)NC(=O)CCC(=NNC(N)=S)c1ccccc1. The highest BCUT2D eigenvalue weighted by atomic mass is 32.1. The monoisotopic (exact) mass is 292 g/mol. The summed E-state index contributed by atoms with van der Waals surface area (Å²) in [6.07, 6.45) is 0.878. The third-order valence-corrected chi connectivity index (χ3v) is 2.54. The van der Waals surface area contributed by atoms with E-state index in [9.17, 15) is 4.79 Å². The summed E-state index contributed by atoms with van der Waals surface area (Å²) in [6.45, 7) is 3.86. The molecule has 0 saturated heterocycles. The number of hydrazone groups is 1. The minimum absolute atomic E-state index is 0.000967. The summed E-state index contributed by atoms with van der Waals surface area (Å²) in [5.41, 5.74) is 9.63. The van der Waals surface area contributed by atoms with Gasteiger partial charge in [0.05, 0.1) is 5.71 Å². The van der Waals surface area contributed by atoms with Gasteiger partial charge in [0.25, 0.3) is 0 Å². The minimum atomic E-state index is -0.000967. The second kappa shape index (κ2) is 8.27. The summed E-state index contributed by atoms with van der Waals surface area (Å²) in [4.78, 5) is 11.7. The summed E-state index contributed by atoms with van der Waals surface area (Å²) in [7, 11) is 0. The lowest BCUT2D eigenvalue weighted by atomic mass is 10.1. The molecule has 0 aromatic heterocycles. The Morgan fingerprint density at radius 1 is 1.30 bits per heavy atom.